The summed E-state index contributed by atoms with van der Waals surface area (Å²) in [7, 11) is 0. The van der Waals surface area contributed by atoms with Gasteiger partial charge in [0.15, 0.2) is 0 Å². The number of carbonyl (C=O) groups excluding carboxylic acids is 2. The van der Waals surface area contributed by atoms with Crippen LogP contribution < -0.4 is 10.7 Å². The van der Waals surface area contributed by atoms with E-state index in [0.29, 0.717) is 0 Å². The number of nitrogens with one attached hydrogen (secondary N) is 2. The van der Waals surface area contributed by atoms with Crippen molar-refractivity contribution in [3.63, 3.8) is 0 Å². The zero-order valence-corrected chi connectivity index (χ0v) is 17.3. The van der Waals surface area contributed by atoms with Gasteiger partial charge in [-0.3, -0.25) is 9.59 Å². The molecule has 7 nitrogen and oxygen atoms in total. The number of phenolic OH excluding ortho intramolecular Hbond substituents is 1. The highest BCUT2D eigenvalue weighted by atomic mass is 16.3. The normalized spacial score (nSPS) is 13.8. The van der Waals surface area contributed by atoms with E-state index in [9.17, 15) is 14.7 Å². The molecule has 3 aromatic rings. The number of hydrogen-bond acceptors (Lipinski definition) is 5. The Hall–Kier alpha value is -4.18. The van der Waals surface area contributed by atoms with Crippen molar-refractivity contribution in [3.8, 4) is 11.8 Å². The number of anilines is 1. The SMILES string of the molecule is N#Cc1cc(C(=O)NN=Cc2ccc(NC(=O)C3CCCC3)c3ccccc23)ccc1O. The molecule has 0 bridgehead atoms. The van der Waals surface area contributed by atoms with Crippen LogP contribution in [0.4, 0.5) is 5.69 Å². The average Bonchev–Trinajstić information content (AvgIpc) is 3.36. The minimum absolute atomic E-state index is 0.0165. The number of amides is 2. The summed E-state index contributed by atoms with van der Waals surface area (Å²) in [6, 6.07) is 17.2. The highest BCUT2D eigenvalue weighted by Gasteiger charge is 2.23. The maximum atomic E-state index is 12.6. The Morgan fingerprint density at radius 1 is 1.06 bits per heavy atom. The van der Waals surface area contributed by atoms with Crippen molar-refractivity contribution in [2.75, 3.05) is 5.32 Å². The largest absolute Gasteiger partial charge is 0.507 e. The number of rotatable bonds is 5. The van der Waals surface area contributed by atoms with Gasteiger partial charge in [-0.15, -0.1) is 0 Å². The fraction of sp³-hybridized carbons (Fsp3) is 0.200. The first kappa shape index (κ1) is 21.1. The van der Waals surface area contributed by atoms with Crippen LogP contribution in [-0.2, 0) is 4.79 Å². The fourth-order valence-electron chi connectivity index (χ4n) is 3.96. The zero-order chi connectivity index (χ0) is 22.5. The Bertz CT molecular complexity index is 1250. The third kappa shape index (κ3) is 4.44. The van der Waals surface area contributed by atoms with Gasteiger partial charge >= 0.3 is 0 Å². The van der Waals surface area contributed by atoms with Gasteiger partial charge in [-0.25, -0.2) is 5.43 Å². The molecule has 1 aliphatic carbocycles. The van der Waals surface area contributed by atoms with Crippen LogP contribution >= 0.6 is 0 Å². The lowest BCUT2D eigenvalue weighted by Gasteiger charge is -2.13. The number of nitriles is 1. The van der Waals surface area contributed by atoms with Gasteiger partial charge < -0.3 is 10.4 Å². The Morgan fingerprint density at radius 3 is 2.56 bits per heavy atom. The van der Waals surface area contributed by atoms with Crippen LogP contribution in [0.15, 0.2) is 59.7 Å². The Kier molecular flexibility index (Phi) is 6.13. The number of phenols is 1. The molecule has 0 aromatic heterocycles. The molecule has 3 N–H and O–H groups in total. The van der Waals surface area contributed by atoms with Crippen molar-refractivity contribution >= 4 is 34.5 Å². The fourth-order valence-corrected chi connectivity index (χ4v) is 3.96. The number of fused-ring (bicyclic) bond motifs is 1. The molecule has 1 fully saturated rings. The summed E-state index contributed by atoms with van der Waals surface area (Å²) in [5.74, 6) is -0.541. The topological polar surface area (TPSA) is 115 Å². The summed E-state index contributed by atoms with van der Waals surface area (Å²) >= 11 is 0. The number of hydrazone groups is 1. The molecule has 32 heavy (non-hydrogen) atoms. The molecular weight excluding hydrogens is 404 g/mol. The molecule has 4 rings (SSSR count). The van der Waals surface area contributed by atoms with E-state index in [1.165, 1.54) is 24.4 Å². The van der Waals surface area contributed by atoms with Crippen LogP contribution in [0.5, 0.6) is 5.75 Å². The van der Waals surface area contributed by atoms with E-state index in [1.807, 2.05) is 42.5 Å². The van der Waals surface area contributed by atoms with Crippen molar-refractivity contribution in [1.82, 2.24) is 5.43 Å². The second-order valence-electron chi connectivity index (χ2n) is 7.76. The Balaban J connectivity index is 1.52. The molecule has 0 aliphatic heterocycles. The van der Waals surface area contributed by atoms with Crippen LogP contribution in [0.2, 0.25) is 0 Å². The molecule has 0 atom stereocenters. The van der Waals surface area contributed by atoms with Crippen molar-refractivity contribution in [1.29, 1.82) is 5.26 Å². The van der Waals surface area contributed by atoms with Gasteiger partial charge in [0.25, 0.3) is 5.91 Å². The molecule has 1 aliphatic rings. The van der Waals surface area contributed by atoms with Crippen LogP contribution in [-0.4, -0.2) is 23.1 Å². The third-order valence-corrected chi connectivity index (χ3v) is 5.69. The molecule has 0 saturated heterocycles. The molecule has 1 saturated carbocycles. The predicted octanol–water partition coefficient (Wildman–Crippen LogP) is 4.31. The van der Waals surface area contributed by atoms with E-state index in [-0.39, 0.29) is 28.7 Å². The molecule has 0 unspecified atom stereocenters. The predicted molar refractivity (Wildman–Crippen MR) is 122 cm³/mol. The Morgan fingerprint density at radius 2 is 1.81 bits per heavy atom. The first-order valence-corrected chi connectivity index (χ1v) is 10.5. The lowest BCUT2D eigenvalue weighted by molar-refractivity contribution is -0.119. The summed E-state index contributed by atoms with van der Waals surface area (Å²) < 4.78 is 0. The highest BCUT2D eigenvalue weighted by Crippen LogP contribution is 2.29. The third-order valence-electron chi connectivity index (χ3n) is 5.69. The molecule has 3 aromatic carbocycles. The number of aromatic hydroxyl groups is 1. The van der Waals surface area contributed by atoms with Crippen LogP contribution in [0.1, 0.15) is 47.2 Å². The molecule has 160 valence electrons. The first-order chi connectivity index (χ1) is 15.6. The van der Waals surface area contributed by atoms with E-state index in [0.717, 1.165) is 47.7 Å². The van der Waals surface area contributed by atoms with Crippen molar-refractivity contribution < 1.29 is 14.7 Å². The quantitative estimate of drug-likeness (QED) is 0.416. The van der Waals surface area contributed by atoms with Crippen molar-refractivity contribution in [3.05, 3.63) is 71.3 Å². The summed E-state index contributed by atoms with van der Waals surface area (Å²) in [5.41, 5.74) is 4.20. The number of carbonyl (C=O) groups is 2. The van der Waals surface area contributed by atoms with E-state index < -0.39 is 5.91 Å². The van der Waals surface area contributed by atoms with Gasteiger partial charge in [-0.05, 0) is 42.5 Å². The second kappa shape index (κ2) is 9.31. The molecular formula is C25H22N4O3. The lowest BCUT2D eigenvalue weighted by atomic mass is 10.0. The maximum Gasteiger partial charge on any atom is 0.271 e. The van der Waals surface area contributed by atoms with E-state index >= 15 is 0 Å². The van der Waals surface area contributed by atoms with Crippen molar-refractivity contribution in [2.24, 2.45) is 11.0 Å². The summed E-state index contributed by atoms with van der Waals surface area (Å²) in [6.07, 6.45) is 5.61. The van der Waals surface area contributed by atoms with Gasteiger partial charge in [0, 0.05) is 28.1 Å². The monoisotopic (exact) mass is 426 g/mol. The second-order valence-corrected chi connectivity index (χ2v) is 7.76. The molecule has 2 amide bonds. The molecule has 0 spiro atoms. The van der Waals surface area contributed by atoms with Crippen LogP contribution in [0.3, 0.4) is 0 Å². The van der Waals surface area contributed by atoms with Gasteiger partial charge in [0.1, 0.15) is 11.8 Å². The average molecular weight is 426 g/mol. The number of hydrogen-bond donors (Lipinski definition) is 3. The molecule has 0 heterocycles. The number of benzene rings is 3. The maximum absolute atomic E-state index is 12.6. The van der Waals surface area contributed by atoms with E-state index in [4.69, 9.17) is 5.26 Å². The smallest absolute Gasteiger partial charge is 0.271 e. The highest BCUT2D eigenvalue weighted by molar-refractivity contribution is 6.09. The van der Waals surface area contributed by atoms with Gasteiger partial charge in [-0.1, -0.05) is 43.2 Å². The lowest BCUT2D eigenvalue weighted by Crippen LogP contribution is -2.20. The number of nitrogens with zero attached hydrogens (tertiary/aromatic N) is 2. The van der Waals surface area contributed by atoms with E-state index in [1.54, 1.807) is 0 Å². The summed E-state index contributed by atoms with van der Waals surface area (Å²) in [6.45, 7) is 0. The van der Waals surface area contributed by atoms with Gasteiger partial charge in [-0.2, -0.15) is 10.4 Å². The van der Waals surface area contributed by atoms with Crippen molar-refractivity contribution in [2.45, 2.75) is 25.7 Å². The van der Waals surface area contributed by atoms with Gasteiger partial charge in [0.2, 0.25) is 5.91 Å². The van der Waals surface area contributed by atoms with Crippen LogP contribution in [0, 0.1) is 17.2 Å². The minimum Gasteiger partial charge on any atom is -0.507 e. The Labute approximate surface area is 185 Å². The standard InChI is InChI=1S/C25H22N4O3/c26-14-19-13-17(10-12-23(19)30)25(32)29-27-15-18-9-11-22(21-8-4-3-7-20(18)21)28-24(31)16-5-1-2-6-16/h3-4,7-13,15-16,30H,1-2,5-6H2,(H,28,31)(H,29,32). The molecule has 0 radical (unpaired) electrons. The van der Waals surface area contributed by atoms with Crippen LogP contribution in [0.25, 0.3) is 10.8 Å². The first-order valence-electron chi connectivity index (χ1n) is 10.5. The summed E-state index contributed by atoms with van der Waals surface area (Å²) in [5, 5.41) is 27.5. The summed E-state index contributed by atoms with van der Waals surface area (Å²) in [4.78, 5) is 24.9. The molecule has 7 heteroatoms. The minimum atomic E-state index is -0.498. The zero-order valence-electron chi connectivity index (χ0n) is 17.3. The van der Waals surface area contributed by atoms with Gasteiger partial charge in [0.05, 0.1) is 11.8 Å². The van der Waals surface area contributed by atoms with E-state index in [2.05, 4.69) is 15.8 Å².